The van der Waals surface area contributed by atoms with Gasteiger partial charge in [0.15, 0.2) is 5.78 Å². The summed E-state index contributed by atoms with van der Waals surface area (Å²) in [6.07, 6.45) is 22.1. The van der Waals surface area contributed by atoms with E-state index in [-0.39, 0.29) is 11.8 Å². The number of ketones is 1. The molecule has 0 radical (unpaired) electrons. The van der Waals surface area contributed by atoms with Crippen LogP contribution in [0, 0.1) is 0 Å². The first-order chi connectivity index (χ1) is 10.3. The zero-order valence-electron chi connectivity index (χ0n) is 12.2. The molecule has 1 atom stereocenters. The minimum absolute atomic E-state index is 0.150. The molecule has 2 bridgehead atoms. The molecule has 0 aromatic heterocycles. The van der Waals surface area contributed by atoms with Gasteiger partial charge in [0, 0.05) is 11.3 Å². The van der Waals surface area contributed by atoms with Crippen LogP contribution in [0.3, 0.4) is 0 Å². The van der Waals surface area contributed by atoms with Crippen LogP contribution in [0.25, 0.3) is 0 Å². The maximum Gasteiger partial charge on any atom is 0.185 e. The van der Waals surface area contributed by atoms with Crippen LogP contribution in [0.2, 0.25) is 0 Å². The van der Waals surface area contributed by atoms with Crippen molar-refractivity contribution in [3.63, 3.8) is 0 Å². The number of carbonyl (C=O) groups is 1. The number of nitrogens with two attached hydrogens (primary N) is 1. The van der Waals surface area contributed by atoms with Crippen molar-refractivity contribution in [1.82, 2.24) is 5.32 Å². The number of hydrogen-bond acceptors (Lipinski definition) is 3. The zero-order chi connectivity index (χ0) is 14.9. The molecular weight excluding hydrogens is 260 g/mol. The van der Waals surface area contributed by atoms with Crippen LogP contribution in [0.15, 0.2) is 72.0 Å². The van der Waals surface area contributed by atoms with Gasteiger partial charge in [-0.2, -0.15) is 0 Å². The molecular formula is C18H22N2O. The smallest absolute Gasteiger partial charge is 0.185 e. The van der Waals surface area contributed by atoms with Gasteiger partial charge >= 0.3 is 0 Å². The topological polar surface area (TPSA) is 55.1 Å². The van der Waals surface area contributed by atoms with Gasteiger partial charge < -0.3 is 11.1 Å². The molecule has 1 unspecified atom stereocenters. The number of allylic oxidation sites excluding steroid dienone is 10. The summed E-state index contributed by atoms with van der Waals surface area (Å²) in [5, 5.41) is 3.31. The van der Waals surface area contributed by atoms with E-state index >= 15 is 0 Å². The van der Waals surface area contributed by atoms with E-state index in [1.54, 1.807) is 0 Å². The predicted molar refractivity (Wildman–Crippen MR) is 87.6 cm³/mol. The highest BCUT2D eigenvalue weighted by Crippen LogP contribution is 2.18. The van der Waals surface area contributed by atoms with E-state index in [9.17, 15) is 4.79 Å². The van der Waals surface area contributed by atoms with Crippen molar-refractivity contribution < 1.29 is 4.79 Å². The van der Waals surface area contributed by atoms with E-state index in [1.165, 1.54) is 0 Å². The highest BCUT2D eigenvalue weighted by molar-refractivity contribution is 6.03. The first-order valence-corrected chi connectivity index (χ1v) is 7.42. The van der Waals surface area contributed by atoms with Crippen LogP contribution in [0.5, 0.6) is 0 Å². The Labute approximate surface area is 126 Å². The van der Waals surface area contributed by atoms with E-state index in [2.05, 4.69) is 5.32 Å². The summed E-state index contributed by atoms with van der Waals surface area (Å²) in [7, 11) is 0. The molecule has 0 saturated heterocycles. The summed E-state index contributed by atoms with van der Waals surface area (Å²) >= 11 is 0. The highest BCUT2D eigenvalue weighted by atomic mass is 16.1. The monoisotopic (exact) mass is 282 g/mol. The van der Waals surface area contributed by atoms with Crippen molar-refractivity contribution in [2.75, 3.05) is 6.54 Å². The molecule has 1 aliphatic heterocycles. The lowest BCUT2D eigenvalue weighted by Crippen LogP contribution is -2.40. The Balaban J connectivity index is 2.21. The standard InChI is InChI=1S/C18H22N2O/c19-13-9-8-12-17-18(21)15-10-6-4-2-1-3-5-7-11-16(14-15)20-17/h1-7,10-11,14,17,20H,8-9,12-13,19H2/b2-1?,3-1-,4-2-,5-3?,6-4?,7-5-,10-6-,11-7?,15-10?,16-11+. The van der Waals surface area contributed by atoms with Gasteiger partial charge in [0.05, 0.1) is 6.04 Å². The molecule has 1 aliphatic carbocycles. The summed E-state index contributed by atoms with van der Waals surface area (Å²) in [6.45, 7) is 0.673. The van der Waals surface area contributed by atoms with Crippen LogP contribution in [0.1, 0.15) is 19.3 Å². The van der Waals surface area contributed by atoms with Gasteiger partial charge in [0.1, 0.15) is 0 Å². The molecule has 3 nitrogen and oxygen atoms in total. The second kappa shape index (κ2) is 8.22. The Bertz CT molecular complexity index is 548. The fourth-order valence-electron chi connectivity index (χ4n) is 2.31. The normalized spacial score (nSPS) is 29.8. The Morgan fingerprint density at radius 1 is 1.00 bits per heavy atom. The van der Waals surface area contributed by atoms with Crippen LogP contribution < -0.4 is 11.1 Å². The minimum atomic E-state index is -0.150. The van der Waals surface area contributed by atoms with E-state index < -0.39 is 0 Å². The molecule has 110 valence electrons. The van der Waals surface area contributed by atoms with Gasteiger partial charge in [-0.15, -0.1) is 0 Å². The zero-order valence-corrected chi connectivity index (χ0v) is 12.2. The summed E-state index contributed by atoms with van der Waals surface area (Å²) in [6, 6.07) is -0.150. The van der Waals surface area contributed by atoms with Crippen LogP contribution in [-0.4, -0.2) is 18.4 Å². The number of unbranched alkanes of at least 4 members (excludes halogenated alkanes) is 1. The Morgan fingerprint density at radius 3 is 2.48 bits per heavy atom. The van der Waals surface area contributed by atoms with Crippen LogP contribution in [0.4, 0.5) is 0 Å². The van der Waals surface area contributed by atoms with E-state index in [1.807, 2.05) is 60.8 Å². The Hall–Kier alpha value is -2.13. The largest absolute Gasteiger partial charge is 0.375 e. The Morgan fingerprint density at radius 2 is 1.71 bits per heavy atom. The molecule has 0 aromatic carbocycles. The third-order valence-corrected chi connectivity index (χ3v) is 3.42. The van der Waals surface area contributed by atoms with Crippen LogP contribution >= 0.6 is 0 Å². The summed E-state index contributed by atoms with van der Waals surface area (Å²) in [5.41, 5.74) is 7.25. The van der Waals surface area contributed by atoms with Gasteiger partial charge in [-0.05, 0) is 38.0 Å². The van der Waals surface area contributed by atoms with Crippen molar-refractivity contribution in [1.29, 1.82) is 0 Å². The molecule has 0 spiro atoms. The number of hydrogen-bond donors (Lipinski definition) is 2. The molecule has 0 saturated carbocycles. The van der Waals surface area contributed by atoms with Gasteiger partial charge in [0.25, 0.3) is 0 Å². The number of Topliss-reactive ketones (excluding diaryl/α,β-unsaturated/α-hetero) is 1. The SMILES string of the molecule is NCCCCC1N/C2=C/C=C\C=C/C=C\C=C/C(=C2)C1=O. The first kappa shape index (κ1) is 15.3. The molecule has 3 heteroatoms. The van der Waals surface area contributed by atoms with Crippen molar-refractivity contribution in [2.45, 2.75) is 25.3 Å². The van der Waals surface area contributed by atoms with Crippen molar-refractivity contribution in [3.8, 4) is 0 Å². The molecule has 1 heterocycles. The fourth-order valence-corrected chi connectivity index (χ4v) is 2.31. The average molecular weight is 282 g/mol. The number of fused-ring (bicyclic) bond motifs is 1. The van der Waals surface area contributed by atoms with E-state index in [0.29, 0.717) is 6.54 Å². The summed E-state index contributed by atoms with van der Waals surface area (Å²) in [5.74, 6) is 0.158. The number of carbonyl (C=O) groups excluding carboxylic acids is 1. The lowest BCUT2D eigenvalue weighted by Gasteiger charge is -2.24. The molecule has 0 fully saturated rings. The summed E-state index contributed by atoms with van der Waals surface area (Å²) in [4.78, 5) is 12.5. The average Bonchev–Trinajstić information content (AvgIpc) is 2.47. The van der Waals surface area contributed by atoms with Gasteiger partial charge in [-0.3, -0.25) is 4.79 Å². The lowest BCUT2D eigenvalue weighted by atomic mass is 9.94. The third-order valence-electron chi connectivity index (χ3n) is 3.42. The summed E-state index contributed by atoms with van der Waals surface area (Å²) < 4.78 is 0. The van der Waals surface area contributed by atoms with Gasteiger partial charge in [-0.1, -0.05) is 48.6 Å². The minimum Gasteiger partial charge on any atom is -0.375 e. The van der Waals surface area contributed by atoms with Crippen molar-refractivity contribution in [3.05, 3.63) is 72.0 Å². The maximum absolute atomic E-state index is 12.5. The van der Waals surface area contributed by atoms with E-state index in [4.69, 9.17) is 5.73 Å². The third kappa shape index (κ3) is 4.72. The molecule has 2 aliphatic rings. The number of rotatable bonds is 4. The highest BCUT2D eigenvalue weighted by Gasteiger charge is 2.24. The van der Waals surface area contributed by atoms with Gasteiger partial charge in [-0.25, -0.2) is 0 Å². The molecule has 2 rings (SSSR count). The van der Waals surface area contributed by atoms with E-state index in [0.717, 1.165) is 30.5 Å². The quantitative estimate of drug-likeness (QED) is 0.780. The molecule has 3 N–H and O–H groups in total. The predicted octanol–water partition coefficient (Wildman–Crippen LogP) is 2.71. The number of nitrogens with one attached hydrogen (secondary N) is 1. The second-order valence-corrected chi connectivity index (χ2v) is 5.08. The lowest BCUT2D eigenvalue weighted by molar-refractivity contribution is -0.117. The Kier molecular flexibility index (Phi) is 5.98. The molecule has 0 amide bonds. The fraction of sp³-hybridized carbons (Fsp3) is 0.278. The van der Waals surface area contributed by atoms with Crippen molar-refractivity contribution >= 4 is 5.78 Å². The van der Waals surface area contributed by atoms with Gasteiger partial charge in [0.2, 0.25) is 0 Å². The second-order valence-electron chi connectivity index (χ2n) is 5.08. The maximum atomic E-state index is 12.5. The molecule has 0 aromatic rings. The van der Waals surface area contributed by atoms with Crippen molar-refractivity contribution in [2.24, 2.45) is 5.73 Å². The van der Waals surface area contributed by atoms with Crippen LogP contribution in [-0.2, 0) is 4.79 Å². The molecule has 21 heavy (non-hydrogen) atoms. The first-order valence-electron chi connectivity index (χ1n) is 7.42.